The zero-order valence-electron chi connectivity index (χ0n) is 6.54. The first-order valence-electron chi connectivity index (χ1n) is 3.84. The predicted octanol–water partition coefficient (Wildman–Crippen LogP) is 0.902. The van der Waals surface area contributed by atoms with Crippen LogP contribution in [0.15, 0.2) is 0 Å². The summed E-state index contributed by atoms with van der Waals surface area (Å²) in [4.78, 5) is 10.5. The van der Waals surface area contributed by atoms with Gasteiger partial charge in [-0.2, -0.15) is 0 Å². The van der Waals surface area contributed by atoms with Gasteiger partial charge in [0.15, 0.2) is 0 Å². The molecule has 1 aliphatic rings. The molecule has 0 aromatic carbocycles. The number of carbonyl (C=O) groups is 1. The van der Waals surface area contributed by atoms with Crippen LogP contribution in [0.5, 0.6) is 0 Å². The van der Waals surface area contributed by atoms with Gasteiger partial charge in [-0.3, -0.25) is 10.1 Å². The first kappa shape index (κ1) is 8.87. The lowest BCUT2D eigenvalue weighted by Gasteiger charge is -2.26. The summed E-state index contributed by atoms with van der Waals surface area (Å²) in [5.41, 5.74) is 0. The van der Waals surface area contributed by atoms with Gasteiger partial charge in [0.2, 0.25) is 0 Å². The van der Waals surface area contributed by atoms with Crippen LogP contribution in [0.3, 0.4) is 0 Å². The van der Waals surface area contributed by atoms with Crippen LogP contribution in [0.4, 0.5) is 0 Å². The first-order valence-corrected chi connectivity index (χ1v) is 4.89. The summed E-state index contributed by atoms with van der Waals surface area (Å²) in [5, 5.41) is 12.1. The summed E-state index contributed by atoms with van der Waals surface area (Å²) >= 11 is 1.81. The fraction of sp³-hybridized carbons (Fsp3) is 0.857. The maximum Gasteiger partial charge on any atom is 0.320 e. The molecule has 11 heavy (non-hydrogen) atoms. The normalized spacial score (nSPS) is 31.7. The highest BCUT2D eigenvalue weighted by atomic mass is 32.2. The third-order valence-corrected chi connectivity index (χ3v) is 3.12. The van der Waals surface area contributed by atoms with Crippen molar-refractivity contribution >= 4 is 17.7 Å². The van der Waals surface area contributed by atoms with Crippen molar-refractivity contribution in [1.29, 1.82) is 0 Å². The number of thioether (sulfide) groups is 1. The summed E-state index contributed by atoms with van der Waals surface area (Å²) in [7, 11) is 0. The molecule has 0 amide bonds. The van der Waals surface area contributed by atoms with E-state index in [0.29, 0.717) is 5.37 Å². The van der Waals surface area contributed by atoms with Gasteiger partial charge in [0.1, 0.15) is 6.04 Å². The van der Waals surface area contributed by atoms with Crippen molar-refractivity contribution in [1.82, 2.24) is 5.32 Å². The van der Waals surface area contributed by atoms with Crippen molar-refractivity contribution in [2.75, 3.05) is 5.75 Å². The lowest BCUT2D eigenvalue weighted by Crippen LogP contribution is -2.45. The fourth-order valence-electron chi connectivity index (χ4n) is 1.11. The van der Waals surface area contributed by atoms with Gasteiger partial charge in [-0.05, 0) is 18.6 Å². The lowest BCUT2D eigenvalue weighted by molar-refractivity contribution is -0.139. The number of carboxylic acids is 1. The van der Waals surface area contributed by atoms with Gasteiger partial charge >= 0.3 is 5.97 Å². The molecule has 0 aromatic rings. The summed E-state index contributed by atoms with van der Waals surface area (Å²) in [6, 6.07) is -0.318. The van der Waals surface area contributed by atoms with E-state index in [9.17, 15) is 4.79 Å². The Morgan fingerprint density at radius 2 is 2.55 bits per heavy atom. The molecule has 0 saturated carbocycles. The second kappa shape index (κ2) is 3.97. The summed E-state index contributed by atoms with van der Waals surface area (Å²) in [6.45, 7) is 2.06. The molecule has 0 unspecified atom stereocenters. The van der Waals surface area contributed by atoms with E-state index in [1.54, 1.807) is 0 Å². The van der Waals surface area contributed by atoms with Crippen LogP contribution in [-0.2, 0) is 4.79 Å². The molecule has 1 fully saturated rings. The molecule has 64 valence electrons. The topological polar surface area (TPSA) is 49.3 Å². The Kier molecular flexibility index (Phi) is 3.20. The molecule has 2 atom stereocenters. The van der Waals surface area contributed by atoms with Gasteiger partial charge in [-0.1, -0.05) is 6.92 Å². The predicted molar refractivity (Wildman–Crippen MR) is 45.7 cm³/mol. The molecule has 0 bridgehead atoms. The maximum absolute atomic E-state index is 10.5. The molecule has 0 radical (unpaired) electrons. The van der Waals surface area contributed by atoms with E-state index in [0.717, 1.165) is 18.6 Å². The number of rotatable bonds is 2. The molecule has 1 saturated heterocycles. The standard InChI is InChI=1S/C7H13NO2S/c1-2-6-8-5(7(9)10)3-4-11-6/h5-6,8H,2-4H2,1H3,(H,9,10)/t5-,6-/m1/s1. The molecular weight excluding hydrogens is 162 g/mol. The van der Waals surface area contributed by atoms with Gasteiger partial charge in [-0.15, -0.1) is 11.8 Å². The molecular formula is C7H13NO2S. The van der Waals surface area contributed by atoms with Gasteiger partial charge in [0, 0.05) is 0 Å². The fourth-order valence-corrected chi connectivity index (χ4v) is 2.27. The Morgan fingerprint density at radius 3 is 3.09 bits per heavy atom. The van der Waals surface area contributed by atoms with E-state index in [4.69, 9.17) is 5.11 Å². The monoisotopic (exact) mass is 175 g/mol. The van der Waals surface area contributed by atoms with E-state index in [1.165, 1.54) is 0 Å². The summed E-state index contributed by atoms with van der Waals surface area (Å²) < 4.78 is 0. The minimum Gasteiger partial charge on any atom is -0.480 e. The van der Waals surface area contributed by atoms with Crippen LogP contribution in [0, 0.1) is 0 Å². The average molecular weight is 175 g/mol. The summed E-state index contributed by atoms with van der Waals surface area (Å²) in [6.07, 6.45) is 1.74. The number of hydrogen-bond acceptors (Lipinski definition) is 3. The molecule has 1 rings (SSSR count). The Labute approximate surface area is 70.6 Å². The zero-order valence-corrected chi connectivity index (χ0v) is 7.36. The highest BCUT2D eigenvalue weighted by molar-refractivity contribution is 7.99. The second-order valence-corrected chi connectivity index (χ2v) is 3.92. The number of nitrogens with one attached hydrogen (secondary N) is 1. The molecule has 0 aliphatic carbocycles. The van der Waals surface area contributed by atoms with Crippen LogP contribution >= 0.6 is 11.8 Å². The molecule has 0 aromatic heterocycles. The van der Waals surface area contributed by atoms with E-state index in [2.05, 4.69) is 12.2 Å². The van der Waals surface area contributed by atoms with Crippen molar-refractivity contribution in [2.24, 2.45) is 0 Å². The first-order chi connectivity index (χ1) is 5.24. The SMILES string of the molecule is CC[C@@H]1N[C@@H](C(=O)O)CCS1. The number of aliphatic carboxylic acids is 1. The van der Waals surface area contributed by atoms with Crippen molar-refractivity contribution in [3.05, 3.63) is 0 Å². The maximum atomic E-state index is 10.5. The highest BCUT2D eigenvalue weighted by Gasteiger charge is 2.24. The van der Waals surface area contributed by atoms with Gasteiger partial charge in [0.25, 0.3) is 0 Å². The molecule has 4 heteroatoms. The second-order valence-electron chi connectivity index (χ2n) is 2.61. The zero-order chi connectivity index (χ0) is 8.27. The Hall–Kier alpha value is -0.220. The molecule has 0 spiro atoms. The average Bonchev–Trinajstić information content (AvgIpc) is 2.05. The molecule has 2 N–H and O–H groups in total. The van der Waals surface area contributed by atoms with Crippen LogP contribution in [0.1, 0.15) is 19.8 Å². The van der Waals surface area contributed by atoms with Crippen molar-refractivity contribution in [3.63, 3.8) is 0 Å². The Morgan fingerprint density at radius 1 is 1.82 bits per heavy atom. The van der Waals surface area contributed by atoms with Gasteiger partial charge in [0.05, 0.1) is 5.37 Å². The number of hydrogen-bond donors (Lipinski definition) is 2. The summed E-state index contributed by atoms with van der Waals surface area (Å²) in [5.74, 6) is 0.242. The van der Waals surface area contributed by atoms with Crippen molar-refractivity contribution < 1.29 is 9.90 Å². The highest BCUT2D eigenvalue weighted by Crippen LogP contribution is 2.20. The quantitative estimate of drug-likeness (QED) is 0.654. The van der Waals surface area contributed by atoms with Gasteiger partial charge in [-0.25, -0.2) is 0 Å². The van der Waals surface area contributed by atoms with Crippen molar-refractivity contribution in [3.8, 4) is 0 Å². The lowest BCUT2D eigenvalue weighted by atomic mass is 10.2. The Bertz CT molecular complexity index is 151. The van der Waals surface area contributed by atoms with Crippen molar-refractivity contribution in [2.45, 2.75) is 31.2 Å². The van der Waals surface area contributed by atoms with Gasteiger partial charge < -0.3 is 5.11 Å². The van der Waals surface area contributed by atoms with E-state index in [-0.39, 0.29) is 6.04 Å². The third-order valence-electron chi connectivity index (χ3n) is 1.78. The Balaban J connectivity index is 2.39. The minimum atomic E-state index is -0.719. The van der Waals surface area contributed by atoms with Crippen LogP contribution in [0.2, 0.25) is 0 Å². The molecule has 1 aliphatic heterocycles. The van der Waals surface area contributed by atoms with E-state index >= 15 is 0 Å². The van der Waals surface area contributed by atoms with Crippen LogP contribution in [-0.4, -0.2) is 28.2 Å². The smallest absolute Gasteiger partial charge is 0.320 e. The number of carboxylic acid groups (broad SMARTS) is 1. The minimum absolute atomic E-state index is 0.318. The van der Waals surface area contributed by atoms with Crippen LogP contribution in [0.25, 0.3) is 0 Å². The van der Waals surface area contributed by atoms with E-state index in [1.807, 2.05) is 11.8 Å². The molecule has 3 nitrogen and oxygen atoms in total. The van der Waals surface area contributed by atoms with E-state index < -0.39 is 5.97 Å². The third kappa shape index (κ3) is 2.38. The molecule has 1 heterocycles. The van der Waals surface area contributed by atoms with Crippen LogP contribution < -0.4 is 5.32 Å². The largest absolute Gasteiger partial charge is 0.480 e.